The molecule has 2 heterocycles. The van der Waals surface area contributed by atoms with Gasteiger partial charge in [-0.15, -0.1) is 10.2 Å². The summed E-state index contributed by atoms with van der Waals surface area (Å²) in [5.74, 6) is 0.366. The maximum atomic E-state index is 12.2. The fourth-order valence-electron chi connectivity index (χ4n) is 2.82. The molecule has 0 atom stereocenters. The van der Waals surface area contributed by atoms with Gasteiger partial charge in [0, 0.05) is 24.6 Å². The summed E-state index contributed by atoms with van der Waals surface area (Å²) in [5, 5.41) is 14.4. The Kier molecular flexibility index (Phi) is 6.10. The average molecular weight is 361 g/mol. The SMILES string of the molecule is CCc1cccc(CC)c1Nc1ccc(C(=O)NCc2ccncc2)nn1. The van der Waals surface area contributed by atoms with E-state index in [1.165, 1.54) is 11.1 Å². The Bertz CT molecular complexity index is 872. The first kappa shape index (κ1) is 18.5. The van der Waals surface area contributed by atoms with E-state index in [1.807, 2.05) is 12.1 Å². The Morgan fingerprint density at radius 2 is 1.63 bits per heavy atom. The average Bonchev–Trinajstić information content (AvgIpc) is 2.73. The van der Waals surface area contributed by atoms with Gasteiger partial charge in [-0.1, -0.05) is 32.0 Å². The second-order valence-electron chi connectivity index (χ2n) is 6.13. The van der Waals surface area contributed by atoms with Crippen LogP contribution in [0.1, 0.15) is 41.0 Å². The second kappa shape index (κ2) is 8.89. The van der Waals surface area contributed by atoms with E-state index < -0.39 is 0 Å². The van der Waals surface area contributed by atoms with Crippen LogP contribution in [0, 0.1) is 0 Å². The minimum Gasteiger partial charge on any atom is -0.347 e. The van der Waals surface area contributed by atoms with Crippen LogP contribution in [-0.2, 0) is 19.4 Å². The lowest BCUT2D eigenvalue weighted by Crippen LogP contribution is -2.24. The van der Waals surface area contributed by atoms with Crippen molar-refractivity contribution < 1.29 is 4.79 Å². The van der Waals surface area contributed by atoms with Crippen molar-refractivity contribution in [3.8, 4) is 0 Å². The van der Waals surface area contributed by atoms with Gasteiger partial charge in [0.15, 0.2) is 11.5 Å². The molecule has 6 nitrogen and oxygen atoms in total. The zero-order chi connectivity index (χ0) is 19.1. The highest BCUT2D eigenvalue weighted by Gasteiger charge is 2.10. The van der Waals surface area contributed by atoms with Crippen molar-refractivity contribution in [2.24, 2.45) is 0 Å². The van der Waals surface area contributed by atoms with Gasteiger partial charge in [0.05, 0.1) is 0 Å². The van der Waals surface area contributed by atoms with Gasteiger partial charge in [0.1, 0.15) is 0 Å². The summed E-state index contributed by atoms with van der Waals surface area (Å²) in [7, 11) is 0. The van der Waals surface area contributed by atoms with Gasteiger partial charge in [0.25, 0.3) is 5.91 Å². The molecule has 0 fully saturated rings. The lowest BCUT2D eigenvalue weighted by atomic mass is 10.0. The number of aryl methyl sites for hydroxylation is 2. The maximum absolute atomic E-state index is 12.2. The molecule has 0 aliphatic rings. The first-order valence-corrected chi connectivity index (χ1v) is 9.09. The molecule has 0 unspecified atom stereocenters. The molecule has 0 saturated carbocycles. The van der Waals surface area contributed by atoms with Crippen LogP contribution in [0.5, 0.6) is 0 Å². The van der Waals surface area contributed by atoms with Gasteiger partial charge in [-0.3, -0.25) is 9.78 Å². The standard InChI is InChI=1S/C21H23N5O/c1-3-16-6-5-7-17(4-2)20(16)24-19-9-8-18(25-26-19)21(27)23-14-15-10-12-22-13-11-15/h5-13H,3-4,14H2,1-2H3,(H,23,27)(H,24,26). The van der Waals surface area contributed by atoms with Crippen LogP contribution in [0.15, 0.2) is 54.9 Å². The van der Waals surface area contributed by atoms with Crippen molar-refractivity contribution >= 4 is 17.4 Å². The molecule has 3 rings (SSSR count). The van der Waals surface area contributed by atoms with Crippen molar-refractivity contribution in [1.82, 2.24) is 20.5 Å². The van der Waals surface area contributed by atoms with E-state index in [0.29, 0.717) is 12.4 Å². The zero-order valence-corrected chi connectivity index (χ0v) is 15.6. The summed E-state index contributed by atoms with van der Waals surface area (Å²) in [6, 6.07) is 13.5. The molecule has 0 bridgehead atoms. The lowest BCUT2D eigenvalue weighted by Gasteiger charge is -2.14. The molecule has 3 aromatic rings. The number of carbonyl (C=O) groups is 1. The third kappa shape index (κ3) is 4.67. The number of aromatic nitrogens is 3. The molecule has 0 aliphatic heterocycles. The van der Waals surface area contributed by atoms with E-state index in [0.717, 1.165) is 24.1 Å². The zero-order valence-electron chi connectivity index (χ0n) is 15.6. The van der Waals surface area contributed by atoms with Gasteiger partial charge in [-0.25, -0.2) is 0 Å². The largest absolute Gasteiger partial charge is 0.347 e. The highest BCUT2D eigenvalue weighted by molar-refractivity contribution is 5.92. The van der Waals surface area contributed by atoms with E-state index in [4.69, 9.17) is 0 Å². The van der Waals surface area contributed by atoms with E-state index >= 15 is 0 Å². The van der Waals surface area contributed by atoms with E-state index in [1.54, 1.807) is 24.5 Å². The van der Waals surface area contributed by atoms with E-state index in [9.17, 15) is 4.79 Å². The molecule has 27 heavy (non-hydrogen) atoms. The van der Waals surface area contributed by atoms with Crippen LogP contribution in [0.25, 0.3) is 0 Å². The Hall–Kier alpha value is -3.28. The smallest absolute Gasteiger partial charge is 0.272 e. The van der Waals surface area contributed by atoms with Gasteiger partial charge in [-0.2, -0.15) is 0 Å². The highest BCUT2D eigenvalue weighted by atomic mass is 16.1. The monoisotopic (exact) mass is 361 g/mol. The Morgan fingerprint density at radius 3 is 2.22 bits per heavy atom. The van der Waals surface area contributed by atoms with Gasteiger partial charge < -0.3 is 10.6 Å². The molecule has 138 valence electrons. The molecule has 0 saturated heterocycles. The van der Waals surface area contributed by atoms with Crippen LogP contribution in [0.4, 0.5) is 11.5 Å². The number of hydrogen-bond acceptors (Lipinski definition) is 5. The van der Waals surface area contributed by atoms with Crippen molar-refractivity contribution in [3.05, 3.63) is 77.2 Å². The number of nitrogens with zero attached hydrogens (tertiary/aromatic N) is 3. The predicted molar refractivity (Wildman–Crippen MR) is 106 cm³/mol. The first-order valence-electron chi connectivity index (χ1n) is 9.09. The summed E-state index contributed by atoms with van der Waals surface area (Å²) in [4.78, 5) is 16.2. The second-order valence-corrected chi connectivity index (χ2v) is 6.13. The quantitative estimate of drug-likeness (QED) is 0.671. The first-order chi connectivity index (χ1) is 13.2. The maximum Gasteiger partial charge on any atom is 0.272 e. The minimum absolute atomic E-state index is 0.255. The van der Waals surface area contributed by atoms with Crippen LogP contribution in [-0.4, -0.2) is 21.1 Å². The number of para-hydroxylation sites is 1. The minimum atomic E-state index is -0.255. The number of anilines is 2. The predicted octanol–water partition coefficient (Wildman–Crippen LogP) is 3.67. The number of nitrogens with one attached hydrogen (secondary N) is 2. The van der Waals surface area contributed by atoms with Crippen molar-refractivity contribution in [3.63, 3.8) is 0 Å². The van der Waals surface area contributed by atoms with Crippen molar-refractivity contribution in [2.45, 2.75) is 33.2 Å². The van der Waals surface area contributed by atoms with Crippen LogP contribution >= 0.6 is 0 Å². The molecular formula is C21H23N5O. The molecule has 0 aliphatic carbocycles. The van der Waals surface area contributed by atoms with E-state index in [2.05, 4.69) is 57.9 Å². The molecule has 2 N–H and O–H groups in total. The molecule has 2 aromatic heterocycles. The fourth-order valence-corrected chi connectivity index (χ4v) is 2.82. The summed E-state index contributed by atoms with van der Waals surface area (Å²) >= 11 is 0. The Labute approximate surface area is 159 Å². The van der Waals surface area contributed by atoms with Crippen molar-refractivity contribution in [1.29, 1.82) is 0 Å². The summed E-state index contributed by atoms with van der Waals surface area (Å²) in [6.07, 6.45) is 5.25. The third-order valence-electron chi connectivity index (χ3n) is 4.35. The molecule has 0 spiro atoms. The number of carbonyl (C=O) groups excluding carboxylic acids is 1. The number of benzene rings is 1. The molecule has 0 radical (unpaired) electrons. The van der Waals surface area contributed by atoms with Gasteiger partial charge >= 0.3 is 0 Å². The molecule has 1 amide bonds. The normalized spacial score (nSPS) is 10.4. The number of pyridine rings is 1. The fraction of sp³-hybridized carbons (Fsp3) is 0.238. The summed E-state index contributed by atoms with van der Waals surface area (Å²) in [5.41, 5.74) is 4.80. The lowest BCUT2D eigenvalue weighted by molar-refractivity contribution is 0.0945. The van der Waals surface area contributed by atoms with E-state index in [-0.39, 0.29) is 11.6 Å². The van der Waals surface area contributed by atoms with Crippen LogP contribution < -0.4 is 10.6 Å². The van der Waals surface area contributed by atoms with Crippen LogP contribution in [0.3, 0.4) is 0 Å². The molecule has 1 aromatic carbocycles. The summed E-state index contributed by atoms with van der Waals surface area (Å²) < 4.78 is 0. The van der Waals surface area contributed by atoms with Gasteiger partial charge in [-0.05, 0) is 53.8 Å². The Balaban J connectivity index is 1.68. The van der Waals surface area contributed by atoms with Crippen LogP contribution in [0.2, 0.25) is 0 Å². The topological polar surface area (TPSA) is 79.8 Å². The number of rotatable bonds is 7. The third-order valence-corrected chi connectivity index (χ3v) is 4.35. The molecule has 6 heteroatoms. The highest BCUT2D eigenvalue weighted by Crippen LogP contribution is 2.25. The number of hydrogen-bond donors (Lipinski definition) is 2. The van der Waals surface area contributed by atoms with Crippen molar-refractivity contribution in [2.75, 3.05) is 5.32 Å². The van der Waals surface area contributed by atoms with Gasteiger partial charge in [0.2, 0.25) is 0 Å². The summed E-state index contributed by atoms with van der Waals surface area (Å²) in [6.45, 7) is 4.68. The Morgan fingerprint density at radius 1 is 0.926 bits per heavy atom. The number of amides is 1. The molecular weight excluding hydrogens is 338 g/mol.